The van der Waals surface area contributed by atoms with Crippen LogP contribution < -0.4 is 4.74 Å². The summed E-state index contributed by atoms with van der Waals surface area (Å²) < 4.78 is 5.18. The van der Waals surface area contributed by atoms with Gasteiger partial charge >= 0.3 is 0 Å². The molecule has 3 rings (SSSR count). The van der Waals surface area contributed by atoms with Crippen molar-refractivity contribution in [2.75, 3.05) is 20.2 Å². The van der Waals surface area contributed by atoms with Gasteiger partial charge in [0.1, 0.15) is 5.75 Å². The average Bonchev–Trinajstić information content (AvgIpc) is 2.67. The van der Waals surface area contributed by atoms with Gasteiger partial charge in [-0.05, 0) is 47.8 Å². The molecule has 3 heteroatoms. The number of β-amino-alcohol motifs (C(OH)–C–C–N with tert-alkyl or cyclic N) is 1. The lowest BCUT2D eigenvalue weighted by Crippen LogP contribution is -2.36. The molecule has 122 valence electrons. The smallest absolute Gasteiger partial charge is 0.118 e. The summed E-state index contributed by atoms with van der Waals surface area (Å²) in [7, 11) is 1.67. The van der Waals surface area contributed by atoms with Crippen LogP contribution >= 0.6 is 0 Å². The molecule has 1 heterocycles. The van der Waals surface area contributed by atoms with Gasteiger partial charge in [-0.25, -0.2) is 0 Å². The third-order valence-electron chi connectivity index (χ3n) is 5.43. The first-order valence-electron chi connectivity index (χ1n) is 8.36. The molecule has 3 atom stereocenters. The van der Waals surface area contributed by atoms with Crippen LogP contribution in [0.1, 0.15) is 51.7 Å². The second kappa shape index (κ2) is 5.54. The molecule has 22 heavy (non-hydrogen) atoms. The van der Waals surface area contributed by atoms with Crippen molar-refractivity contribution < 1.29 is 9.84 Å². The number of nitrogens with zero attached hydrogens (tertiary/aromatic N) is 1. The monoisotopic (exact) mass is 303 g/mol. The van der Waals surface area contributed by atoms with E-state index in [4.69, 9.17) is 4.74 Å². The molecule has 0 radical (unpaired) electrons. The Hall–Kier alpha value is -1.06. The Morgan fingerprint density at radius 2 is 1.91 bits per heavy atom. The Morgan fingerprint density at radius 3 is 2.55 bits per heavy atom. The fourth-order valence-corrected chi connectivity index (χ4v) is 4.94. The largest absolute Gasteiger partial charge is 0.497 e. The number of hydrogen-bond donors (Lipinski definition) is 1. The maximum atomic E-state index is 10.6. The summed E-state index contributed by atoms with van der Waals surface area (Å²) in [6.45, 7) is 9.05. The molecule has 1 aliphatic carbocycles. The SMILES string of the molecule is COc1ccc(C(O)CN2CC3(C)CC2CC(C)(C)C3)cc1. The van der Waals surface area contributed by atoms with Crippen molar-refractivity contribution in [2.45, 2.75) is 52.2 Å². The minimum Gasteiger partial charge on any atom is -0.497 e. The summed E-state index contributed by atoms with van der Waals surface area (Å²) in [5, 5.41) is 10.6. The van der Waals surface area contributed by atoms with E-state index < -0.39 is 6.10 Å². The molecule has 1 N–H and O–H groups in total. The minimum atomic E-state index is -0.419. The number of rotatable bonds is 4. The van der Waals surface area contributed by atoms with Crippen LogP contribution in [0.4, 0.5) is 0 Å². The van der Waals surface area contributed by atoms with E-state index in [2.05, 4.69) is 25.7 Å². The molecule has 3 unspecified atom stereocenters. The summed E-state index contributed by atoms with van der Waals surface area (Å²) >= 11 is 0. The maximum absolute atomic E-state index is 10.6. The molecule has 2 fully saturated rings. The Morgan fingerprint density at radius 1 is 1.23 bits per heavy atom. The molecule has 0 amide bonds. The Kier molecular flexibility index (Phi) is 3.98. The Labute approximate surface area is 134 Å². The number of benzene rings is 1. The summed E-state index contributed by atoms with van der Waals surface area (Å²) in [6.07, 6.45) is 3.41. The highest BCUT2D eigenvalue weighted by atomic mass is 16.5. The van der Waals surface area contributed by atoms with Crippen LogP contribution in [0.5, 0.6) is 5.75 Å². The predicted molar refractivity (Wildman–Crippen MR) is 89.1 cm³/mol. The van der Waals surface area contributed by atoms with E-state index in [1.165, 1.54) is 19.3 Å². The van der Waals surface area contributed by atoms with Crippen molar-refractivity contribution in [2.24, 2.45) is 10.8 Å². The van der Waals surface area contributed by atoms with Crippen molar-refractivity contribution in [3.8, 4) is 5.75 Å². The summed E-state index contributed by atoms with van der Waals surface area (Å²) in [5.41, 5.74) is 1.83. The van der Waals surface area contributed by atoms with Crippen LogP contribution in [0.25, 0.3) is 0 Å². The van der Waals surface area contributed by atoms with Crippen LogP contribution in [0.2, 0.25) is 0 Å². The Balaban J connectivity index is 1.68. The molecular formula is C19H29NO2. The Bertz CT molecular complexity index is 525. The predicted octanol–water partition coefficient (Wildman–Crippen LogP) is 3.63. The number of likely N-dealkylation sites (tertiary alicyclic amines) is 1. The zero-order valence-corrected chi connectivity index (χ0v) is 14.3. The van der Waals surface area contributed by atoms with Crippen LogP contribution in [0.15, 0.2) is 24.3 Å². The molecule has 2 bridgehead atoms. The topological polar surface area (TPSA) is 32.7 Å². The number of aliphatic hydroxyl groups excluding tert-OH is 1. The first-order valence-corrected chi connectivity index (χ1v) is 8.36. The van der Waals surface area contributed by atoms with E-state index in [0.717, 1.165) is 24.4 Å². The van der Waals surface area contributed by atoms with Crippen LogP contribution in [-0.2, 0) is 0 Å². The summed E-state index contributed by atoms with van der Waals surface area (Å²) in [4.78, 5) is 2.52. The number of methoxy groups -OCH3 is 1. The summed E-state index contributed by atoms with van der Waals surface area (Å²) in [5.74, 6) is 0.835. The lowest BCUT2D eigenvalue weighted by Gasteiger charge is -2.40. The summed E-state index contributed by atoms with van der Waals surface area (Å²) in [6, 6.07) is 8.41. The fourth-order valence-electron chi connectivity index (χ4n) is 4.94. The van der Waals surface area contributed by atoms with Gasteiger partial charge in [0.15, 0.2) is 0 Å². The van der Waals surface area contributed by atoms with Crippen LogP contribution in [0, 0.1) is 10.8 Å². The van der Waals surface area contributed by atoms with Gasteiger partial charge in [0.2, 0.25) is 0 Å². The van der Waals surface area contributed by atoms with Gasteiger partial charge in [0.05, 0.1) is 13.2 Å². The molecule has 1 aliphatic heterocycles. The quantitative estimate of drug-likeness (QED) is 0.922. The zero-order valence-electron chi connectivity index (χ0n) is 14.3. The number of aliphatic hydroxyl groups is 1. The normalized spacial score (nSPS) is 32.0. The zero-order chi connectivity index (χ0) is 16.0. The second-order valence-electron chi connectivity index (χ2n) is 8.43. The molecule has 0 aromatic heterocycles. The molecule has 3 nitrogen and oxygen atoms in total. The van der Waals surface area contributed by atoms with Crippen LogP contribution in [0.3, 0.4) is 0 Å². The third-order valence-corrected chi connectivity index (χ3v) is 5.43. The number of ether oxygens (including phenoxy) is 1. The van der Waals surface area contributed by atoms with Crippen molar-refractivity contribution in [3.63, 3.8) is 0 Å². The van der Waals surface area contributed by atoms with E-state index in [9.17, 15) is 5.11 Å². The highest BCUT2D eigenvalue weighted by molar-refractivity contribution is 5.28. The lowest BCUT2D eigenvalue weighted by molar-refractivity contribution is 0.0921. The van der Waals surface area contributed by atoms with Gasteiger partial charge in [-0.3, -0.25) is 4.90 Å². The number of fused-ring (bicyclic) bond motifs is 2. The van der Waals surface area contributed by atoms with E-state index in [1.807, 2.05) is 24.3 Å². The highest BCUT2D eigenvalue weighted by Gasteiger charge is 2.49. The van der Waals surface area contributed by atoms with E-state index >= 15 is 0 Å². The van der Waals surface area contributed by atoms with Gasteiger partial charge in [-0.2, -0.15) is 0 Å². The standard InChI is InChI=1S/C19H29NO2/c1-18(2)9-15-10-19(3,12-18)13-20(15)11-17(21)14-5-7-16(22-4)8-6-14/h5-8,15,17,21H,9-13H2,1-4H3. The molecule has 0 spiro atoms. The minimum absolute atomic E-state index is 0.419. The maximum Gasteiger partial charge on any atom is 0.118 e. The van der Waals surface area contributed by atoms with E-state index in [0.29, 0.717) is 16.9 Å². The molecule has 1 saturated heterocycles. The first kappa shape index (κ1) is 15.8. The van der Waals surface area contributed by atoms with Crippen molar-refractivity contribution in [3.05, 3.63) is 29.8 Å². The first-order chi connectivity index (χ1) is 10.3. The van der Waals surface area contributed by atoms with Crippen molar-refractivity contribution >= 4 is 0 Å². The molecule has 1 aromatic rings. The lowest BCUT2D eigenvalue weighted by atomic mass is 9.65. The third kappa shape index (κ3) is 3.16. The van der Waals surface area contributed by atoms with Crippen LogP contribution in [-0.4, -0.2) is 36.2 Å². The van der Waals surface area contributed by atoms with Crippen molar-refractivity contribution in [1.29, 1.82) is 0 Å². The molecular weight excluding hydrogens is 274 g/mol. The van der Waals surface area contributed by atoms with Gasteiger partial charge in [-0.1, -0.05) is 32.9 Å². The molecule has 2 aliphatic rings. The molecule has 1 saturated carbocycles. The van der Waals surface area contributed by atoms with Gasteiger partial charge in [-0.15, -0.1) is 0 Å². The second-order valence-corrected chi connectivity index (χ2v) is 8.43. The average molecular weight is 303 g/mol. The fraction of sp³-hybridized carbons (Fsp3) is 0.684. The highest BCUT2D eigenvalue weighted by Crippen LogP contribution is 2.52. The van der Waals surface area contributed by atoms with Gasteiger partial charge < -0.3 is 9.84 Å². The van der Waals surface area contributed by atoms with E-state index in [-0.39, 0.29) is 0 Å². The number of hydrogen-bond acceptors (Lipinski definition) is 3. The van der Waals surface area contributed by atoms with Crippen molar-refractivity contribution in [1.82, 2.24) is 4.90 Å². The van der Waals surface area contributed by atoms with E-state index in [1.54, 1.807) is 7.11 Å². The molecule has 1 aromatic carbocycles. The van der Waals surface area contributed by atoms with Gasteiger partial charge in [0.25, 0.3) is 0 Å². The van der Waals surface area contributed by atoms with Gasteiger partial charge in [0, 0.05) is 19.1 Å².